The van der Waals surface area contributed by atoms with Crippen molar-refractivity contribution in [1.82, 2.24) is 10.6 Å². The van der Waals surface area contributed by atoms with Crippen LogP contribution in [-0.2, 0) is 0 Å². The van der Waals surface area contributed by atoms with E-state index in [4.69, 9.17) is 10.2 Å². The minimum atomic E-state index is 0.282. The van der Waals surface area contributed by atoms with E-state index in [1.54, 1.807) is 0 Å². The monoisotopic (exact) mass is 404 g/mol. The molecule has 4 N–H and O–H groups in total. The first kappa shape index (κ1) is 22.8. The molecule has 0 aromatic rings. The van der Waals surface area contributed by atoms with Crippen molar-refractivity contribution < 1.29 is 10.2 Å². The van der Waals surface area contributed by atoms with E-state index in [-0.39, 0.29) is 13.2 Å². The topological polar surface area (TPSA) is 64.5 Å². The van der Waals surface area contributed by atoms with Crippen LogP contribution >= 0.6 is 21.6 Å². The minimum absolute atomic E-state index is 0.282. The molecule has 2 aliphatic rings. The normalized spacial score (nSPS) is 22.4. The molecule has 0 aliphatic heterocycles. The van der Waals surface area contributed by atoms with Gasteiger partial charge in [-0.1, -0.05) is 60.1 Å². The van der Waals surface area contributed by atoms with Crippen molar-refractivity contribution in [1.29, 1.82) is 0 Å². The fourth-order valence-electron chi connectivity index (χ4n) is 4.19. The molecule has 0 heterocycles. The van der Waals surface area contributed by atoms with E-state index in [9.17, 15) is 0 Å². The number of nitrogens with one attached hydrogen (secondary N) is 2. The quantitative estimate of drug-likeness (QED) is 0.277. The molecule has 2 fully saturated rings. The van der Waals surface area contributed by atoms with Crippen LogP contribution in [0.3, 0.4) is 0 Å². The Bertz CT molecular complexity index is 326. The van der Waals surface area contributed by atoms with Crippen LogP contribution in [0.2, 0.25) is 0 Å². The number of hydrogen-bond acceptors (Lipinski definition) is 6. The zero-order valence-electron chi connectivity index (χ0n) is 16.4. The van der Waals surface area contributed by atoms with Gasteiger partial charge in [0.15, 0.2) is 0 Å². The molecule has 0 bridgehead atoms. The summed E-state index contributed by atoms with van der Waals surface area (Å²) in [5.74, 6) is 0. The summed E-state index contributed by atoms with van der Waals surface area (Å²) in [6.07, 6.45) is 15.2. The summed E-state index contributed by atoms with van der Waals surface area (Å²) in [6.45, 7) is 4.58. The summed E-state index contributed by atoms with van der Waals surface area (Å²) < 4.78 is 0.738. The van der Waals surface area contributed by atoms with Gasteiger partial charge in [0.05, 0.1) is 0 Å². The molecule has 0 aromatic heterocycles. The van der Waals surface area contributed by atoms with E-state index in [2.05, 4.69) is 32.2 Å². The van der Waals surface area contributed by atoms with Gasteiger partial charge in [-0.05, 0) is 51.6 Å². The maximum absolute atomic E-state index is 9.02. The first-order valence-corrected chi connectivity index (χ1v) is 12.9. The Hall–Kier alpha value is 0.540. The molecule has 26 heavy (non-hydrogen) atoms. The van der Waals surface area contributed by atoms with Gasteiger partial charge in [0, 0.05) is 35.8 Å². The lowest BCUT2D eigenvalue weighted by Gasteiger charge is -2.42. The molecular weight excluding hydrogens is 364 g/mol. The predicted octanol–water partition coefficient (Wildman–Crippen LogP) is 3.72. The van der Waals surface area contributed by atoms with Crippen molar-refractivity contribution in [2.45, 2.75) is 86.5 Å². The molecule has 0 saturated heterocycles. The molecule has 0 unspecified atom stereocenters. The highest BCUT2D eigenvalue weighted by Crippen LogP contribution is 2.53. The van der Waals surface area contributed by atoms with E-state index in [1.807, 2.05) is 0 Å². The largest absolute Gasteiger partial charge is 0.396 e. The van der Waals surface area contributed by atoms with Crippen LogP contribution in [0, 0.1) is 0 Å². The summed E-state index contributed by atoms with van der Waals surface area (Å²) >= 11 is 0. The average Bonchev–Trinajstić information content (AvgIpc) is 2.69. The second-order valence-corrected chi connectivity index (χ2v) is 11.2. The predicted molar refractivity (Wildman–Crippen MR) is 116 cm³/mol. The van der Waals surface area contributed by atoms with Gasteiger partial charge in [-0.3, -0.25) is 0 Å². The summed E-state index contributed by atoms with van der Waals surface area (Å²) in [5.41, 5.74) is 0. The van der Waals surface area contributed by atoms with Crippen LogP contribution in [0.4, 0.5) is 0 Å². The van der Waals surface area contributed by atoms with Gasteiger partial charge in [0.25, 0.3) is 0 Å². The minimum Gasteiger partial charge on any atom is -0.396 e. The molecule has 0 aromatic carbocycles. The Balaban J connectivity index is 1.89. The van der Waals surface area contributed by atoms with E-state index in [0.29, 0.717) is 9.49 Å². The highest BCUT2D eigenvalue weighted by atomic mass is 33.1. The first-order chi connectivity index (χ1) is 12.7. The lowest BCUT2D eigenvalue weighted by Crippen LogP contribution is -2.42. The Morgan fingerprint density at radius 3 is 1.35 bits per heavy atom. The molecule has 4 nitrogen and oxygen atoms in total. The standard InChI is InChI=1S/C20H40N2O2S2/c23-15-7-13-21-17-19(9-3-1-4-10-19)25-26-20(11-5-2-6-12-20)18-22-14-8-16-24/h21-24H,1-18H2. The summed E-state index contributed by atoms with van der Waals surface area (Å²) in [7, 11) is 4.35. The van der Waals surface area contributed by atoms with Crippen molar-refractivity contribution in [2.24, 2.45) is 0 Å². The maximum Gasteiger partial charge on any atom is 0.0443 e. The molecule has 6 heteroatoms. The van der Waals surface area contributed by atoms with Crippen molar-refractivity contribution >= 4 is 21.6 Å². The number of rotatable bonds is 13. The maximum atomic E-state index is 9.02. The second kappa shape index (κ2) is 12.9. The van der Waals surface area contributed by atoms with Crippen molar-refractivity contribution in [3.05, 3.63) is 0 Å². The summed E-state index contributed by atoms with van der Waals surface area (Å²) in [6, 6.07) is 0. The van der Waals surface area contributed by atoms with Gasteiger partial charge in [-0.2, -0.15) is 0 Å². The van der Waals surface area contributed by atoms with Crippen molar-refractivity contribution in [3.8, 4) is 0 Å². The first-order valence-electron chi connectivity index (χ1n) is 10.7. The molecule has 0 radical (unpaired) electrons. The van der Waals surface area contributed by atoms with Gasteiger partial charge in [-0.25, -0.2) is 0 Å². The number of aliphatic hydroxyl groups excluding tert-OH is 2. The van der Waals surface area contributed by atoms with E-state index in [1.165, 1.54) is 64.2 Å². The van der Waals surface area contributed by atoms with E-state index >= 15 is 0 Å². The molecule has 0 spiro atoms. The molecule has 2 rings (SSSR count). The van der Waals surface area contributed by atoms with Crippen molar-refractivity contribution in [2.75, 3.05) is 39.4 Å². The fourth-order valence-corrected chi connectivity index (χ4v) is 8.19. The molecule has 0 amide bonds. The highest BCUT2D eigenvalue weighted by Gasteiger charge is 2.39. The van der Waals surface area contributed by atoms with Gasteiger partial charge in [0.2, 0.25) is 0 Å². The van der Waals surface area contributed by atoms with Gasteiger partial charge in [-0.15, -0.1) is 0 Å². The SMILES string of the molecule is OCCCNCC1(SSC2(CNCCCO)CCCCC2)CCCCC1. The fraction of sp³-hybridized carbons (Fsp3) is 1.00. The summed E-state index contributed by atoms with van der Waals surface area (Å²) in [4.78, 5) is 0. The lowest BCUT2D eigenvalue weighted by molar-refractivity contribution is 0.282. The average molecular weight is 405 g/mol. The van der Waals surface area contributed by atoms with Crippen LogP contribution in [0.25, 0.3) is 0 Å². The third-order valence-electron chi connectivity index (χ3n) is 5.84. The molecule has 2 aliphatic carbocycles. The van der Waals surface area contributed by atoms with Crippen molar-refractivity contribution in [3.63, 3.8) is 0 Å². The zero-order chi connectivity index (χ0) is 18.6. The highest BCUT2D eigenvalue weighted by molar-refractivity contribution is 8.77. The van der Waals surface area contributed by atoms with Gasteiger partial charge >= 0.3 is 0 Å². The Labute approximate surface area is 168 Å². The molecule has 154 valence electrons. The Kier molecular flexibility index (Phi) is 11.3. The Morgan fingerprint density at radius 1 is 0.615 bits per heavy atom. The van der Waals surface area contributed by atoms with Crippen LogP contribution < -0.4 is 10.6 Å². The number of hydrogen-bond donors (Lipinski definition) is 4. The Morgan fingerprint density at radius 2 is 1.00 bits per heavy atom. The summed E-state index contributed by atoms with van der Waals surface area (Å²) in [5, 5.41) is 25.3. The molecular formula is C20H40N2O2S2. The smallest absolute Gasteiger partial charge is 0.0443 e. The van der Waals surface area contributed by atoms with E-state index in [0.717, 1.165) is 39.0 Å². The van der Waals surface area contributed by atoms with Crippen LogP contribution in [0.15, 0.2) is 0 Å². The van der Waals surface area contributed by atoms with Gasteiger partial charge in [0.1, 0.15) is 0 Å². The van der Waals surface area contributed by atoms with Crippen LogP contribution in [0.1, 0.15) is 77.0 Å². The number of aliphatic hydroxyl groups is 2. The second-order valence-electron chi connectivity index (χ2n) is 8.16. The third kappa shape index (κ3) is 7.88. The zero-order valence-corrected chi connectivity index (χ0v) is 18.1. The van der Waals surface area contributed by atoms with Crippen LogP contribution in [-0.4, -0.2) is 59.1 Å². The van der Waals surface area contributed by atoms with Crippen LogP contribution in [0.5, 0.6) is 0 Å². The third-order valence-corrected chi connectivity index (χ3v) is 10.1. The molecule has 0 atom stereocenters. The van der Waals surface area contributed by atoms with E-state index < -0.39 is 0 Å². The molecule has 2 saturated carbocycles. The lowest BCUT2D eigenvalue weighted by atomic mass is 9.88. The van der Waals surface area contributed by atoms with Gasteiger partial charge < -0.3 is 20.8 Å².